The van der Waals surface area contributed by atoms with E-state index >= 15 is 0 Å². The first kappa shape index (κ1) is 19.0. The van der Waals surface area contributed by atoms with Gasteiger partial charge in [0.25, 0.3) is 0 Å². The van der Waals surface area contributed by atoms with E-state index in [2.05, 4.69) is 19.1 Å². The van der Waals surface area contributed by atoms with E-state index in [1.807, 2.05) is 0 Å². The number of hydrogen-bond donors (Lipinski definition) is 0. The quantitative estimate of drug-likeness (QED) is 0.169. The minimum atomic E-state index is 0.837. The molecule has 0 aromatic carbocycles. The Morgan fingerprint density at radius 3 is 1.47 bits per heavy atom. The molecular weight excluding hydrogens is 252 g/mol. The van der Waals surface area contributed by atoms with Gasteiger partial charge in [0.2, 0.25) is 0 Å². The molecule has 114 valence electrons. The van der Waals surface area contributed by atoms with Crippen molar-refractivity contribution in [2.45, 2.75) is 96.8 Å². The van der Waals surface area contributed by atoms with Crippen LogP contribution >= 0.6 is 11.6 Å². The zero-order valence-electron chi connectivity index (χ0n) is 13.1. The SMILES string of the molecule is CCCCCCCC=CCCCCCCCCCCl. The number of alkyl halides is 1. The molecule has 0 spiro atoms. The minimum absolute atomic E-state index is 0.837. The lowest BCUT2D eigenvalue weighted by Crippen LogP contribution is -1.81. The fraction of sp³-hybridized carbons (Fsp3) is 0.889. The maximum absolute atomic E-state index is 5.65. The number of rotatable bonds is 15. The molecule has 0 N–H and O–H groups in total. The van der Waals surface area contributed by atoms with Gasteiger partial charge in [-0.25, -0.2) is 0 Å². The van der Waals surface area contributed by atoms with Crippen molar-refractivity contribution in [2.24, 2.45) is 0 Å². The zero-order valence-corrected chi connectivity index (χ0v) is 13.9. The molecule has 0 aliphatic carbocycles. The number of hydrogen-bond acceptors (Lipinski definition) is 0. The van der Waals surface area contributed by atoms with E-state index in [4.69, 9.17) is 11.6 Å². The second-order valence-corrected chi connectivity index (χ2v) is 6.00. The third kappa shape index (κ3) is 18.0. The van der Waals surface area contributed by atoms with Crippen LogP contribution in [0.1, 0.15) is 96.8 Å². The Kier molecular flexibility index (Phi) is 18.1. The van der Waals surface area contributed by atoms with Gasteiger partial charge in [0, 0.05) is 5.88 Å². The maximum atomic E-state index is 5.65. The van der Waals surface area contributed by atoms with Gasteiger partial charge in [-0.15, -0.1) is 11.6 Å². The Balaban J connectivity index is 3.00. The summed E-state index contributed by atoms with van der Waals surface area (Å²) < 4.78 is 0. The molecule has 19 heavy (non-hydrogen) atoms. The molecule has 0 heterocycles. The van der Waals surface area contributed by atoms with Crippen molar-refractivity contribution in [3.8, 4) is 0 Å². The van der Waals surface area contributed by atoms with Gasteiger partial charge in [-0.3, -0.25) is 0 Å². The standard InChI is InChI=1S/C18H35Cl/c1-2-3-4-5-6-7-8-9-10-11-12-13-14-15-16-17-18-19/h8-9H,2-7,10-18H2,1H3. The highest BCUT2D eigenvalue weighted by molar-refractivity contribution is 6.17. The van der Waals surface area contributed by atoms with Gasteiger partial charge < -0.3 is 0 Å². The smallest absolute Gasteiger partial charge is 0.0223 e. The van der Waals surface area contributed by atoms with E-state index < -0.39 is 0 Å². The molecule has 0 unspecified atom stereocenters. The first-order valence-corrected chi connectivity index (χ1v) is 9.16. The average molecular weight is 287 g/mol. The molecule has 0 saturated carbocycles. The highest BCUT2D eigenvalue weighted by Gasteiger charge is 1.91. The summed E-state index contributed by atoms with van der Waals surface area (Å²) in [6, 6.07) is 0. The molecule has 0 aromatic heterocycles. The lowest BCUT2D eigenvalue weighted by molar-refractivity contribution is 0.592. The van der Waals surface area contributed by atoms with Crippen molar-refractivity contribution in [1.29, 1.82) is 0 Å². The Hall–Kier alpha value is 0.0300. The molecule has 0 bridgehead atoms. The molecule has 0 nitrogen and oxygen atoms in total. The van der Waals surface area contributed by atoms with Gasteiger partial charge in [0.1, 0.15) is 0 Å². The normalized spacial score (nSPS) is 11.5. The maximum Gasteiger partial charge on any atom is 0.0223 e. The van der Waals surface area contributed by atoms with Crippen LogP contribution in [0.4, 0.5) is 0 Å². The number of unbranched alkanes of at least 4 members (excludes halogenated alkanes) is 12. The van der Waals surface area contributed by atoms with Crippen LogP contribution in [0.2, 0.25) is 0 Å². The van der Waals surface area contributed by atoms with Gasteiger partial charge in [0.15, 0.2) is 0 Å². The van der Waals surface area contributed by atoms with Gasteiger partial charge >= 0.3 is 0 Å². The van der Waals surface area contributed by atoms with Crippen LogP contribution in [0.3, 0.4) is 0 Å². The molecule has 0 radical (unpaired) electrons. The summed E-state index contributed by atoms with van der Waals surface area (Å²) in [5, 5.41) is 0. The molecule has 0 fully saturated rings. The van der Waals surface area contributed by atoms with Crippen LogP contribution < -0.4 is 0 Å². The Morgan fingerprint density at radius 2 is 1.00 bits per heavy atom. The number of allylic oxidation sites excluding steroid dienone is 2. The van der Waals surface area contributed by atoms with Gasteiger partial charge in [0.05, 0.1) is 0 Å². The highest BCUT2D eigenvalue weighted by atomic mass is 35.5. The molecule has 0 amide bonds. The zero-order chi connectivity index (χ0) is 14.0. The summed E-state index contributed by atoms with van der Waals surface area (Å²) >= 11 is 5.65. The second-order valence-electron chi connectivity index (χ2n) is 5.63. The first-order chi connectivity index (χ1) is 9.41. The second kappa shape index (κ2) is 18.0. The highest BCUT2D eigenvalue weighted by Crippen LogP contribution is 2.10. The molecule has 0 saturated heterocycles. The van der Waals surface area contributed by atoms with E-state index in [1.54, 1.807) is 0 Å². The van der Waals surface area contributed by atoms with Crippen LogP contribution in [-0.4, -0.2) is 5.88 Å². The van der Waals surface area contributed by atoms with Crippen molar-refractivity contribution in [1.82, 2.24) is 0 Å². The molecule has 0 aliphatic heterocycles. The van der Waals surface area contributed by atoms with Crippen LogP contribution in [0.5, 0.6) is 0 Å². The van der Waals surface area contributed by atoms with E-state index in [0.29, 0.717) is 0 Å². The largest absolute Gasteiger partial charge is 0.127 e. The molecule has 1 heteroatoms. The van der Waals surface area contributed by atoms with Crippen molar-refractivity contribution < 1.29 is 0 Å². The third-order valence-electron chi connectivity index (χ3n) is 3.65. The van der Waals surface area contributed by atoms with Crippen LogP contribution in [0.15, 0.2) is 12.2 Å². The molecule has 0 aromatic rings. The van der Waals surface area contributed by atoms with E-state index in [-0.39, 0.29) is 0 Å². The van der Waals surface area contributed by atoms with Gasteiger partial charge in [-0.1, -0.05) is 76.9 Å². The summed E-state index contributed by atoms with van der Waals surface area (Å²) in [7, 11) is 0. The van der Waals surface area contributed by atoms with Crippen molar-refractivity contribution in [2.75, 3.05) is 5.88 Å². The van der Waals surface area contributed by atoms with Gasteiger partial charge in [-0.2, -0.15) is 0 Å². The molecule has 0 rings (SSSR count). The molecule has 0 aliphatic rings. The summed E-state index contributed by atoms with van der Waals surface area (Å²) in [6.45, 7) is 2.28. The predicted octanol–water partition coefficient (Wildman–Crippen LogP) is 7.26. The van der Waals surface area contributed by atoms with Crippen molar-refractivity contribution in [3.05, 3.63) is 12.2 Å². The van der Waals surface area contributed by atoms with Crippen LogP contribution in [0.25, 0.3) is 0 Å². The molecule has 0 atom stereocenters. The Labute approximate surface area is 127 Å². The fourth-order valence-corrected chi connectivity index (χ4v) is 2.53. The lowest BCUT2D eigenvalue weighted by atomic mass is 10.1. The van der Waals surface area contributed by atoms with Gasteiger partial charge in [-0.05, 0) is 32.1 Å². The minimum Gasteiger partial charge on any atom is -0.127 e. The molecular formula is C18H35Cl. The summed E-state index contributed by atoms with van der Waals surface area (Å²) in [5.41, 5.74) is 0. The van der Waals surface area contributed by atoms with Crippen molar-refractivity contribution in [3.63, 3.8) is 0 Å². The van der Waals surface area contributed by atoms with E-state index in [1.165, 1.54) is 89.9 Å². The monoisotopic (exact) mass is 286 g/mol. The predicted molar refractivity (Wildman–Crippen MR) is 90.2 cm³/mol. The topological polar surface area (TPSA) is 0 Å². The Bertz CT molecular complexity index is 175. The van der Waals surface area contributed by atoms with E-state index in [0.717, 1.165) is 5.88 Å². The van der Waals surface area contributed by atoms with Crippen LogP contribution in [0, 0.1) is 0 Å². The van der Waals surface area contributed by atoms with Crippen molar-refractivity contribution >= 4 is 11.6 Å². The van der Waals surface area contributed by atoms with E-state index in [9.17, 15) is 0 Å². The first-order valence-electron chi connectivity index (χ1n) is 8.62. The number of halogens is 1. The Morgan fingerprint density at radius 1 is 0.579 bits per heavy atom. The average Bonchev–Trinajstić information content (AvgIpc) is 2.43. The lowest BCUT2D eigenvalue weighted by Gasteiger charge is -1.99. The third-order valence-corrected chi connectivity index (χ3v) is 3.91. The summed E-state index contributed by atoms with van der Waals surface area (Å²) in [4.78, 5) is 0. The summed E-state index contributed by atoms with van der Waals surface area (Å²) in [6.07, 6.45) is 23.8. The fourth-order valence-electron chi connectivity index (χ4n) is 2.34. The van der Waals surface area contributed by atoms with Crippen LogP contribution in [-0.2, 0) is 0 Å². The summed E-state index contributed by atoms with van der Waals surface area (Å²) in [5.74, 6) is 0.837.